The number of amides is 1. The van der Waals surface area contributed by atoms with Crippen LogP contribution >= 0.6 is 11.6 Å². The van der Waals surface area contributed by atoms with Crippen LogP contribution in [0.2, 0.25) is 5.02 Å². The maximum Gasteiger partial charge on any atom is 0.243 e. The molecular formula is C18H21ClN2O2. The standard InChI is InChI=1S/C18H21ClN2O2/c1-11-5-6-14(7-12(11)2)21-18(22)10-20-16-8-13(3)15(19)9-17(16)23-4/h5-9,20H,10H2,1-4H3,(H,21,22). The molecule has 5 heteroatoms. The summed E-state index contributed by atoms with van der Waals surface area (Å²) in [7, 11) is 1.57. The lowest BCUT2D eigenvalue weighted by atomic mass is 10.1. The van der Waals surface area contributed by atoms with Gasteiger partial charge in [0.05, 0.1) is 19.3 Å². The molecule has 0 heterocycles. The average molecular weight is 333 g/mol. The molecule has 0 saturated carbocycles. The Hall–Kier alpha value is -2.20. The van der Waals surface area contributed by atoms with Crippen LogP contribution in [-0.4, -0.2) is 19.6 Å². The number of hydrogen-bond donors (Lipinski definition) is 2. The van der Waals surface area contributed by atoms with Crippen molar-refractivity contribution < 1.29 is 9.53 Å². The third kappa shape index (κ3) is 4.39. The van der Waals surface area contributed by atoms with Gasteiger partial charge >= 0.3 is 0 Å². The number of rotatable bonds is 5. The SMILES string of the molecule is COc1cc(Cl)c(C)cc1NCC(=O)Nc1ccc(C)c(C)c1. The molecule has 4 nitrogen and oxygen atoms in total. The molecule has 0 unspecified atom stereocenters. The highest BCUT2D eigenvalue weighted by atomic mass is 35.5. The predicted molar refractivity (Wildman–Crippen MR) is 95.8 cm³/mol. The predicted octanol–water partition coefficient (Wildman–Crippen LogP) is 4.32. The van der Waals surface area contributed by atoms with Crippen LogP contribution in [0.1, 0.15) is 16.7 Å². The number of benzene rings is 2. The van der Waals surface area contributed by atoms with Crippen LogP contribution in [0.15, 0.2) is 30.3 Å². The number of ether oxygens (including phenoxy) is 1. The molecule has 2 aromatic carbocycles. The largest absolute Gasteiger partial charge is 0.495 e. The third-order valence-corrected chi connectivity index (χ3v) is 4.12. The molecule has 0 radical (unpaired) electrons. The third-order valence-electron chi connectivity index (χ3n) is 3.71. The van der Waals surface area contributed by atoms with Crippen molar-refractivity contribution in [3.8, 4) is 5.75 Å². The van der Waals surface area contributed by atoms with E-state index in [0.717, 1.165) is 22.5 Å². The van der Waals surface area contributed by atoms with Gasteiger partial charge in [-0.1, -0.05) is 17.7 Å². The molecule has 2 aromatic rings. The summed E-state index contributed by atoms with van der Waals surface area (Å²) in [6.07, 6.45) is 0. The summed E-state index contributed by atoms with van der Waals surface area (Å²) in [6.45, 7) is 6.11. The minimum Gasteiger partial charge on any atom is -0.495 e. The van der Waals surface area contributed by atoms with Gasteiger partial charge in [-0.2, -0.15) is 0 Å². The van der Waals surface area contributed by atoms with E-state index < -0.39 is 0 Å². The Kier molecular flexibility index (Phi) is 5.50. The number of halogens is 1. The van der Waals surface area contributed by atoms with E-state index in [1.54, 1.807) is 13.2 Å². The lowest BCUT2D eigenvalue weighted by Gasteiger charge is -2.13. The Balaban J connectivity index is 2.01. The van der Waals surface area contributed by atoms with Crippen LogP contribution in [0.4, 0.5) is 11.4 Å². The van der Waals surface area contributed by atoms with Gasteiger partial charge in [-0.3, -0.25) is 4.79 Å². The van der Waals surface area contributed by atoms with E-state index in [2.05, 4.69) is 10.6 Å². The number of hydrogen-bond acceptors (Lipinski definition) is 3. The molecule has 0 fully saturated rings. The number of nitrogens with one attached hydrogen (secondary N) is 2. The second-order valence-electron chi connectivity index (χ2n) is 5.50. The smallest absolute Gasteiger partial charge is 0.243 e. The van der Waals surface area contributed by atoms with Crippen LogP contribution in [0.3, 0.4) is 0 Å². The summed E-state index contributed by atoms with van der Waals surface area (Å²) in [5, 5.41) is 6.59. The molecule has 0 aliphatic heterocycles. The second kappa shape index (κ2) is 7.38. The van der Waals surface area contributed by atoms with Crippen molar-refractivity contribution >= 4 is 28.9 Å². The zero-order valence-electron chi connectivity index (χ0n) is 13.8. The summed E-state index contributed by atoms with van der Waals surface area (Å²) in [4.78, 5) is 12.1. The molecule has 0 spiro atoms. The van der Waals surface area contributed by atoms with Gasteiger partial charge in [0, 0.05) is 16.8 Å². The Morgan fingerprint density at radius 3 is 2.48 bits per heavy atom. The highest BCUT2D eigenvalue weighted by Crippen LogP contribution is 2.30. The molecule has 0 saturated heterocycles. The lowest BCUT2D eigenvalue weighted by Crippen LogP contribution is -2.22. The molecule has 122 valence electrons. The molecule has 1 amide bonds. The van der Waals surface area contributed by atoms with Crippen molar-refractivity contribution in [2.75, 3.05) is 24.3 Å². The Bertz CT molecular complexity index is 729. The quantitative estimate of drug-likeness (QED) is 0.857. The highest BCUT2D eigenvalue weighted by Gasteiger charge is 2.09. The summed E-state index contributed by atoms with van der Waals surface area (Å²) >= 11 is 6.08. The van der Waals surface area contributed by atoms with Crippen LogP contribution in [0, 0.1) is 20.8 Å². The van der Waals surface area contributed by atoms with E-state index in [1.807, 2.05) is 45.0 Å². The summed E-state index contributed by atoms with van der Waals surface area (Å²) in [6, 6.07) is 9.45. The van der Waals surface area contributed by atoms with E-state index in [4.69, 9.17) is 16.3 Å². The Labute approximate surface area is 141 Å². The summed E-state index contributed by atoms with van der Waals surface area (Å²) < 4.78 is 5.28. The van der Waals surface area contributed by atoms with Gasteiger partial charge in [0.2, 0.25) is 5.91 Å². The molecular weight excluding hydrogens is 312 g/mol. The molecule has 0 aromatic heterocycles. The van der Waals surface area contributed by atoms with Gasteiger partial charge in [-0.25, -0.2) is 0 Å². The molecule has 0 aliphatic carbocycles. The lowest BCUT2D eigenvalue weighted by molar-refractivity contribution is -0.114. The number of anilines is 2. The topological polar surface area (TPSA) is 50.4 Å². The van der Waals surface area contributed by atoms with Gasteiger partial charge in [0.1, 0.15) is 5.75 Å². The highest BCUT2D eigenvalue weighted by molar-refractivity contribution is 6.31. The first-order valence-corrected chi connectivity index (χ1v) is 7.73. The van der Waals surface area contributed by atoms with Crippen LogP contribution in [-0.2, 0) is 4.79 Å². The first kappa shape index (κ1) is 17.2. The van der Waals surface area contributed by atoms with Crippen molar-refractivity contribution in [1.82, 2.24) is 0 Å². The van der Waals surface area contributed by atoms with Crippen LogP contribution < -0.4 is 15.4 Å². The van der Waals surface area contributed by atoms with Crippen LogP contribution in [0.5, 0.6) is 5.75 Å². The van der Waals surface area contributed by atoms with Crippen molar-refractivity contribution in [1.29, 1.82) is 0 Å². The van der Waals surface area contributed by atoms with Crippen molar-refractivity contribution in [2.45, 2.75) is 20.8 Å². The van der Waals surface area contributed by atoms with Gasteiger partial charge < -0.3 is 15.4 Å². The summed E-state index contributed by atoms with van der Waals surface area (Å²) in [5.41, 5.74) is 4.79. The van der Waals surface area contributed by atoms with Gasteiger partial charge in [-0.15, -0.1) is 0 Å². The molecule has 0 aliphatic rings. The zero-order valence-corrected chi connectivity index (χ0v) is 14.5. The fourth-order valence-electron chi connectivity index (χ4n) is 2.17. The number of carbonyl (C=O) groups is 1. The van der Waals surface area contributed by atoms with E-state index in [0.29, 0.717) is 10.8 Å². The Morgan fingerprint density at radius 1 is 1.09 bits per heavy atom. The number of methoxy groups -OCH3 is 1. The molecule has 2 rings (SSSR count). The monoisotopic (exact) mass is 332 g/mol. The van der Waals surface area contributed by atoms with E-state index in [9.17, 15) is 4.79 Å². The average Bonchev–Trinajstić information content (AvgIpc) is 2.51. The van der Waals surface area contributed by atoms with Crippen molar-refractivity contribution in [3.63, 3.8) is 0 Å². The fourth-order valence-corrected chi connectivity index (χ4v) is 2.32. The molecule has 0 bridgehead atoms. The van der Waals surface area contributed by atoms with Crippen LogP contribution in [0.25, 0.3) is 0 Å². The van der Waals surface area contributed by atoms with Gasteiger partial charge in [0.15, 0.2) is 0 Å². The van der Waals surface area contributed by atoms with Crippen molar-refractivity contribution in [2.24, 2.45) is 0 Å². The maximum absolute atomic E-state index is 12.1. The minimum absolute atomic E-state index is 0.122. The Morgan fingerprint density at radius 2 is 1.83 bits per heavy atom. The minimum atomic E-state index is -0.122. The molecule has 23 heavy (non-hydrogen) atoms. The molecule has 0 atom stereocenters. The van der Waals surface area contributed by atoms with E-state index in [-0.39, 0.29) is 12.5 Å². The number of aryl methyl sites for hydroxylation is 3. The van der Waals surface area contributed by atoms with Gasteiger partial charge in [-0.05, 0) is 55.7 Å². The van der Waals surface area contributed by atoms with E-state index >= 15 is 0 Å². The fraction of sp³-hybridized carbons (Fsp3) is 0.278. The zero-order chi connectivity index (χ0) is 17.0. The van der Waals surface area contributed by atoms with E-state index in [1.165, 1.54) is 5.56 Å². The number of carbonyl (C=O) groups excluding carboxylic acids is 1. The van der Waals surface area contributed by atoms with Gasteiger partial charge in [0.25, 0.3) is 0 Å². The molecule has 2 N–H and O–H groups in total. The second-order valence-corrected chi connectivity index (χ2v) is 5.91. The maximum atomic E-state index is 12.1. The van der Waals surface area contributed by atoms with Crippen molar-refractivity contribution in [3.05, 3.63) is 52.0 Å². The first-order chi connectivity index (χ1) is 10.9. The first-order valence-electron chi connectivity index (χ1n) is 7.36. The normalized spacial score (nSPS) is 10.3. The summed E-state index contributed by atoms with van der Waals surface area (Å²) in [5.74, 6) is 0.488.